The van der Waals surface area contributed by atoms with E-state index >= 15 is 0 Å². The Kier molecular flexibility index (Phi) is 3.14. The van der Waals surface area contributed by atoms with Crippen molar-refractivity contribution in [3.63, 3.8) is 0 Å². The van der Waals surface area contributed by atoms with Crippen molar-refractivity contribution >= 4 is 17.7 Å². The van der Waals surface area contributed by atoms with Gasteiger partial charge in [0.2, 0.25) is 0 Å². The van der Waals surface area contributed by atoms with Gasteiger partial charge in [0.1, 0.15) is 6.10 Å². The highest BCUT2D eigenvalue weighted by atomic mass is 35.5. The maximum atomic E-state index is 10.4. The molecule has 0 spiro atoms. The second-order valence-electron chi connectivity index (χ2n) is 2.63. The molecule has 0 aliphatic rings. The highest BCUT2D eigenvalue weighted by Gasteiger charge is 2.08. The van der Waals surface area contributed by atoms with Crippen LogP contribution in [0.1, 0.15) is 18.6 Å². The zero-order chi connectivity index (χ0) is 9.84. The lowest BCUT2D eigenvalue weighted by molar-refractivity contribution is 0.116. The molecule has 1 rings (SSSR count). The molecule has 4 heteroatoms. The number of amides is 1. The van der Waals surface area contributed by atoms with Crippen molar-refractivity contribution in [1.82, 2.24) is 0 Å². The predicted molar refractivity (Wildman–Crippen MR) is 50.5 cm³/mol. The van der Waals surface area contributed by atoms with E-state index in [2.05, 4.69) is 0 Å². The molecular formula is C9H10ClNO2. The largest absolute Gasteiger partial charge is 0.442 e. The molecule has 0 aromatic heterocycles. The first-order chi connectivity index (χ1) is 6.09. The van der Waals surface area contributed by atoms with Crippen LogP contribution in [0, 0.1) is 0 Å². The van der Waals surface area contributed by atoms with Gasteiger partial charge in [-0.15, -0.1) is 0 Å². The second kappa shape index (κ2) is 4.14. The number of hydrogen-bond acceptors (Lipinski definition) is 2. The summed E-state index contributed by atoms with van der Waals surface area (Å²) in [5, 5.41) is 0.609. The summed E-state index contributed by atoms with van der Waals surface area (Å²) in [5.41, 5.74) is 5.70. The van der Waals surface area contributed by atoms with Gasteiger partial charge in [-0.25, -0.2) is 4.79 Å². The Morgan fingerprint density at radius 2 is 2.31 bits per heavy atom. The molecule has 3 nitrogen and oxygen atoms in total. The van der Waals surface area contributed by atoms with E-state index in [1.807, 2.05) is 6.07 Å². The van der Waals surface area contributed by atoms with Crippen LogP contribution in [-0.4, -0.2) is 6.09 Å². The van der Waals surface area contributed by atoms with Crippen LogP contribution in [0.5, 0.6) is 0 Å². The highest BCUT2D eigenvalue weighted by Crippen LogP contribution is 2.19. The first-order valence-electron chi connectivity index (χ1n) is 3.81. The van der Waals surface area contributed by atoms with Crippen LogP contribution in [0.25, 0.3) is 0 Å². The number of primary amides is 1. The molecule has 0 saturated carbocycles. The Morgan fingerprint density at radius 3 is 2.85 bits per heavy atom. The first kappa shape index (κ1) is 9.86. The molecular weight excluding hydrogens is 190 g/mol. The number of nitrogens with two attached hydrogens (primary N) is 1. The van der Waals surface area contributed by atoms with Gasteiger partial charge in [0.15, 0.2) is 0 Å². The molecule has 1 atom stereocenters. The number of benzene rings is 1. The topological polar surface area (TPSA) is 52.3 Å². The van der Waals surface area contributed by atoms with Gasteiger partial charge in [-0.1, -0.05) is 23.7 Å². The summed E-state index contributed by atoms with van der Waals surface area (Å²) in [7, 11) is 0. The van der Waals surface area contributed by atoms with E-state index in [9.17, 15) is 4.79 Å². The van der Waals surface area contributed by atoms with Crippen LogP contribution >= 0.6 is 11.6 Å². The Labute approximate surface area is 81.4 Å². The Balaban J connectivity index is 2.76. The van der Waals surface area contributed by atoms with Gasteiger partial charge < -0.3 is 10.5 Å². The van der Waals surface area contributed by atoms with Crippen molar-refractivity contribution in [2.24, 2.45) is 5.73 Å². The third-order valence-corrected chi connectivity index (χ3v) is 1.85. The molecule has 0 heterocycles. The zero-order valence-electron chi connectivity index (χ0n) is 7.16. The van der Waals surface area contributed by atoms with Crippen molar-refractivity contribution in [3.05, 3.63) is 34.9 Å². The number of halogens is 1. The van der Waals surface area contributed by atoms with E-state index < -0.39 is 6.09 Å². The number of ether oxygens (including phenoxy) is 1. The van der Waals surface area contributed by atoms with Gasteiger partial charge in [0.25, 0.3) is 0 Å². The third kappa shape index (κ3) is 2.95. The maximum Gasteiger partial charge on any atom is 0.405 e. The fourth-order valence-electron chi connectivity index (χ4n) is 1.00. The van der Waals surface area contributed by atoms with Crippen molar-refractivity contribution in [1.29, 1.82) is 0 Å². The van der Waals surface area contributed by atoms with Crippen LogP contribution in [0.15, 0.2) is 24.3 Å². The van der Waals surface area contributed by atoms with Crippen molar-refractivity contribution in [2.45, 2.75) is 13.0 Å². The Morgan fingerprint density at radius 1 is 1.62 bits per heavy atom. The van der Waals surface area contributed by atoms with Crippen molar-refractivity contribution in [3.8, 4) is 0 Å². The summed E-state index contributed by atoms with van der Waals surface area (Å²) in [5.74, 6) is 0. The first-order valence-corrected chi connectivity index (χ1v) is 4.19. The molecule has 0 unspecified atom stereocenters. The molecule has 0 radical (unpaired) electrons. The number of carbonyl (C=O) groups excluding carboxylic acids is 1. The van der Waals surface area contributed by atoms with Gasteiger partial charge in [-0.2, -0.15) is 0 Å². The van der Waals surface area contributed by atoms with E-state index in [-0.39, 0.29) is 6.10 Å². The second-order valence-corrected chi connectivity index (χ2v) is 3.07. The summed E-state index contributed by atoms with van der Waals surface area (Å²) < 4.78 is 4.77. The van der Waals surface area contributed by atoms with Crippen molar-refractivity contribution < 1.29 is 9.53 Å². The quantitative estimate of drug-likeness (QED) is 0.796. The summed E-state index contributed by atoms with van der Waals surface area (Å²) in [4.78, 5) is 10.4. The van der Waals surface area contributed by atoms with Crippen LogP contribution in [0.2, 0.25) is 5.02 Å². The fourth-order valence-corrected chi connectivity index (χ4v) is 1.20. The lowest BCUT2D eigenvalue weighted by Crippen LogP contribution is -2.15. The molecule has 0 fully saturated rings. The predicted octanol–water partition coefficient (Wildman–Crippen LogP) is 2.50. The normalized spacial score (nSPS) is 12.2. The van der Waals surface area contributed by atoms with E-state index in [1.165, 1.54) is 0 Å². The molecule has 70 valence electrons. The number of rotatable bonds is 2. The number of carbonyl (C=O) groups is 1. The minimum Gasteiger partial charge on any atom is -0.442 e. The summed E-state index contributed by atoms with van der Waals surface area (Å²) in [6.07, 6.45) is -1.15. The summed E-state index contributed by atoms with van der Waals surface area (Å²) in [6.45, 7) is 1.73. The van der Waals surface area contributed by atoms with Gasteiger partial charge >= 0.3 is 6.09 Å². The lowest BCUT2D eigenvalue weighted by atomic mass is 10.1. The Bertz CT molecular complexity index is 314. The fraction of sp³-hybridized carbons (Fsp3) is 0.222. The molecule has 0 saturated heterocycles. The summed E-state index contributed by atoms with van der Waals surface area (Å²) in [6, 6.07) is 7.09. The lowest BCUT2D eigenvalue weighted by Gasteiger charge is -2.11. The van der Waals surface area contributed by atoms with Gasteiger partial charge in [0, 0.05) is 5.02 Å². The molecule has 1 aromatic carbocycles. The zero-order valence-corrected chi connectivity index (χ0v) is 7.91. The number of hydrogen-bond donors (Lipinski definition) is 1. The van der Waals surface area contributed by atoms with E-state index in [1.54, 1.807) is 25.1 Å². The average molecular weight is 200 g/mol. The van der Waals surface area contributed by atoms with Crippen LogP contribution in [0.4, 0.5) is 4.79 Å². The molecule has 2 N–H and O–H groups in total. The third-order valence-electron chi connectivity index (χ3n) is 1.61. The van der Waals surface area contributed by atoms with Gasteiger partial charge in [0.05, 0.1) is 0 Å². The van der Waals surface area contributed by atoms with E-state index in [0.29, 0.717) is 5.02 Å². The van der Waals surface area contributed by atoms with Crippen LogP contribution < -0.4 is 5.73 Å². The minimum absolute atomic E-state index is 0.365. The maximum absolute atomic E-state index is 10.4. The highest BCUT2D eigenvalue weighted by molar-refractivity contribution is 6.30. The van der Waals surface area contributed by atoms with Crippen LogP contribution in [0.3, 0.4) is 0 Å². The summed E-state index contributed by atoms with van der Waals surface area (Å²) >= 11 is 5.75. The Hall–Kier alpha value is -1.22. The molecule has 0 aliphatic carbocycles. The van der Waals surface area contributed by atoms with Gasteiger partial charge in [-0.3, -0.25) is 0 Å². The molecule has 0 aliphatic heterocycles. The molecule has 13 heavy (non-hydrogen) atoms. The van der Waals surface area contributed by atoms with Gasteiger partial charge in [-0.05, 0) is 24.6 Å². The van der Waals surface area contributed by atoms with Crippen LogP contribution in [-0.2, 0) is 4.74 Å². The minimum atomic E-state index is -0.785. The standard InChI is InChI=1S/C9H10ClNO2/c1-6(13-9(11)12)7-3-2-4-8(10)5-7/h2-6H,1H3,(H2,11,12)/t6-/m0/s1. The smallest absolute Gasteiger partial charge is 0.405 e. The molecule has 0 bridgehead atoms. The van der Waals surface area contributed by atoms with E-state index in [0.717, 1.165) is 5.56 Å². The van der Waals surface area contributed by atoms with Crippen molar-refractivity contribution in [2.75, 3.05) is 0 Å². The molecule has 1 aromatic rings. The SMILES string of the molecule is C[C@H](OC(N)=O)c1cccc(Cl)c1. The van der Waals surface area contributed by atoms with E-state index in [4.69, 9.17) is 22.1 Å². The average Bonchev–Trinajstić information content (AvgIpc) is 2.03. The monoisotopic (exact) mass is 199 g/mol. The molecule has 1 amide bonds.